The third-order valence-electron chi connectivity index (χ3n) is 3.39. The monoisotopic (exact) mass is 227 g/mol. The highest BCUT2D eigenvalue weighted by Gasteiger charge is 2.34. The molecular formula is C13H25NO2. The van der Waals surface area contributed by atoms with Gasteiger partial charge in [-0.2, -0.15) is 0 Å². The number of aldehydes is 1. The van der Waals surface area contributed by atoms with Crippen molar-refractivity contribution >= 4 is 6.29 Å². The summed E-state index contributed by atoms with van der Waals surface area (Å²) in [6.45, 7) is 8.77. The molecular weight excluding hydrogens is 202 g/mol. The van der Waals surface area contributed by atoms with Crippen molar-refractivity contribution in [2.24, 2.45) is 11.3 Å². The fourth-order valence-electron chi connectivity index (χ4n) is 2.07. The lowest BCUT2D eigenvalue weighted by Gasteiger charge is -2.33. The maximum Gasteiger partial charge on any atom is 0.126 e. The van der Waals surface area contributed by atoms with Crippen molar-refractivity contribution in [1.29, 1.82) is 0 Å². The zero-order valence-electron chi connectivity index (χ0n) is 11.0. The number of carbonyl (C=O) groups is 1. The quantitative estimate of drug-likeness (QED) is 0.594. The van der Waals surface area contributed by atoms with Gasteiger partial charge < -0.3 is 9.53 Å². The minimum atomic E-state index is -0.253. The zero-order chi connectivity index (χ0) is 12.2. The van der Waals surface area contributed by atoms with Gasteiger partial charge in [0.25, 0.3) is 0 Å². The second-order valence-electron chi connectivity index (χ2n) is 5.65. The van der Waals surface area contributed by atoms with Gasteiger partial charge >= 0.3 is 0 Å². The number of nitrogens with zero attached hydrogens (tertiary/aromatic N) is 1. The molecule has 1 aliphatic carbocycles. The van der Waals surface area contributed by atoms with E-state index in [4.69, 9.17) is 4.74 Å². The highest BCUT2D eigenvalue weighted by atomic mass is 16.5. The molecule has 0 amide bonds. The van der Waals surface area contributed by atoms with Crippen molar-refractivity contribution in [3.63, 3.8) is 0 Å². The van der Waals surface area contributed by atoms with Gasteiger partial charge in [0, 0.05) is 31.7 Å². The summed E-state index contributed by atoms with van der Waals surface area (Å²) in [6, 6.07) is 0.578. The first-order valence-corrected chi connectivity index (χ1v) is 6.19. The Labute approximate surface area is 99.1 Å². The third kappa shape index (κ3) is 4.22. The maximum absolute atomic E-state index is 11.0. The van der Waals surface area contributed by atoms with Crippen LogP contribution in [0.15, 0.2) is 0 Å². The highest BCUT2D eigenvalue weighted by molar-refractivity contribution is 5.58. The molecule has 0 heterocycles. The Morgan fingerprint density at radius 2 is 2.12 bits per heavy atom. The van der Waals surface area contributed by atoms with Crippen LogP contribution >= 0.6 is 0 Å². The fraction of sp³-hybridized carbons (Fsp3) is 0.923. The average molecular weight is 227 g/mol. The number of hydrogen-bond acceptors (Lipinski definition) is 3. The van der Waals surface area contributed by atoms with Crippen LogP contribution in [0.2, 0.25) is 0 Å². The second kappa shape index (κ2) is 5.78. The van der Waals surface area contributed by atoms with Crippen LogP contribution in [0.25, 0.3) is 0 Å². The molecule has 3 heteroatoms. The van der Waals surface area contributed by atoms with Crippen molar-refractivity contribution < 1.29 is 9.53 Å². The third-order valence-corrected chi connectivity index (χ3v) is 3.39. The molecule has 1 unspecified atom stereocenters. The van der Waals surface area contributed by atoms with Crippen LogP contribution in [0.5, 0.6) is 0 Å². The molecule has 0 radical (unpaired) electrons. The molecule has 0 aliphatic heterocycles. The van der Waals surface area contributed by atoms with E-state index in [0.29, 0.717) is 6.04 Å². The van der Waals surface area contributed by atoms with Crippen molar-refractivity contribution in [3.8, 4) is 0 Å². The molecule has 0 spiro atoms. The van der Waals surface area contributed by atoms with Gasteiger partial charge in [-0.15, -0.1) is 0 Å². The van der Waals surface area contributed by atoms with Gasteiger partial charge in [0.15, 0.2) is 0 Å². The van der Waals surface area contributed by atoms with Crippen molar-refractivity contribution in [3.05, 3.63) is 0 Å². The van der Waals surface area contributed by atoms with E-state index in [1.807, 2.05) is 13.8 Å². The number of hydrogen-bond donors (Lipinski definition) is 0. The minimum Gasteiger partial charge on any atom is -0.383 e. The number of methoxy groups -OCH3 is 1. The number of carbonyl (C=O) groups excluding carboxylic acids is 1. The number of rotatable bonds is 8. The second-order valence-corrected chi connectivity index (χ2v) is 5.65. The van der Waals surface area contributed by atoms with Crippen LogP contribution in [-0.4, -0.2) is 44.0 Å². The molecule has 1 atom stereocenters. The molecule has 0 aromatic rings. The molecule has 94 valence electrons. The molecule has 1 aliphatic rings. The van der Waals surface area contributed by atoms with Crippen molar-refractivity contribution in [2.75, 3.05) is 26.8 Å². The lowest BCUT2D eigenvalue weighted by atomic mass is 9.94. The molecule has 0 aromatic carbocycles. The van der Waals surface area contributed by atoms with E-state index in [-0.39, 0.29) is 5.41 Å². The molecule has 1 saturated carbocycles. The van der Waals surface area contributed by atoms with Crippen molar-refractivity contribution in [2.45, 2.75) is 39.7 Å². The van der Waals surface area contributed by atoms with Crippen LogP contribution in [0, 0.1) is 11.3 Å². The molecule has 0 bridgehead atoms. The Bertz CT molecular complexity index is 224. The van der Waals surface area contributed by atoms with Crippen LogP contribution in [-0.2, 0) is 9.53 Å². The smallest absolute Gasteiger partial charge is 0.126 e. The first-order chi connectivity index (χ1) is 7.50. The van der Waals surface area contributed by atoms with Gasteiger partial charge in [0.05, 0.1) is 6.61 Å². The molecule has 1 rings (SSSR count). The lowest BCUT2D eigenvalue weighted by molar-refractivity contribution is -0.116. The molecule has 0 saturated heterocycles. The van der Waals surface area contributed by atoms with E-state index < -0.39 is 0 Å². The largest absolute Gasteiger partial charge is 0.383 e. The minimum absolute atomic E-state index is 0.253. The van der Waals surface area contributed by atoms with Gasteiger partial charge in [0.1, 0.15) is 6.29 Å². The Morgan fingerprint density at radius 3 is 2.56 bits per heavy atom. The van der Waals surface area contributed by atoms with Gasteiger partial charge in [-0.25, -0.2) is 0 Å². The van der Waals surface area contributed by atoms with E-state index in [1.54, 1.807) is 7.11 Å². The Balaban J connectivity index is 2.51. The average Bonchev–Trinajstić information content (AvgIpc) is 3.07. The topological polar surface area (TPSA) is 29.5 Å². The van der Waals surface area contributed by atoms with Crippen LogP contribution < -0.4 is 0 Å². The van der Waals surface area contributed by atoms with E-state index in [1.165, 1.54) is 12.8 Å². The first-order valence-electron chi connectivity index (χ1n) is 6.19. The number of ether oxygens (including phenoxy) is 1. The van der Waals surface area contributed by atoms with Crippen molar-refractivity contribution in [1.82, 2.24) is 4.90 Å². The molecule has 1 fully saturated rings. The van der Waals surface area contributed by atoms with Crippen LogP contribution in [0.1, 0.15) is 33.6 Å². The summed E-state index contributed by atoms with van der Waals surface area (Å²) in [4.78, 5) is 13.4. The van der Waals surface area contributed by atoms with Gasteiger partial charge in [-0.1, -0.05) is 13.8 Å². The predicted octanol–water partition coefficient (Wildman–Crippen LogP) is 1.96. The zero-order valence-corrected chi connectivity index (χ0v) is 11.0. The lowest BCUT2D eigenvalue weighted by Crippen LogP contribution is -2.43. The summed E-state index contributed by atoms with van der Waals surface area (Å²) >= 11 is 0. The molecule has 3 nitrogen and oxygen atoms in total. The predicted molar refractivity (Wildman–Crippen MR) is 65.5 cm³/mol. The summed E-state index contributed by atoms with van der Waals surface area (Å²) in [5.41, 5.74) is -0.253. The van der Waals surface area contributed by atoms with Gasteiger partial charge in [0.2, 0.25) is 0 Å². The first kappa shape index (κ1) is 13.7. The summed E-state index contributed by atoms with van der Waals surface area (Å²) in [5.74, 6) is 0.833. The van der Waals surface area contributed by atoms with Crippen LogP contribution in [0.4, 0.5) is 0 Å². The fourth-order valence-corrected chi connectivity index (χ4v) is 2.07. The Hall–Kier alpha value is -0.410. The molecule has 0 N–H and O–H groups in total. The van der Waals surface area contributed by atoms with E-state index in [0.717, 1.165) is 31.9 Å². The van der Waals surface area contributed by atoms with E-state index >= 15 is 0 Å². The van der Waals surface area contributed by atoms with E-state index in [2.05, 4.69) is 11.8 Å². The normalized spacial score (nSPS) is 18.8. The van der Waals surface area contributed by atoms with Gasteiger partial charge in [-0.3, -0.25) is 4.90 Å². The van der Waals surface area contributed by atoms with E-state index in [9.17, 15) is 4.79 Å². The standard InChI is InChI=1S/C13H25NO2/c1-11(12-5-6-12)14(7-8-16-4)9-13(2,3)10-15/h10-12H,5-9H2,1-4H3. The summed E-state index contributed by atoms with van der Waals surface area (Å²) < 4.78 is 5.14. The molecule has 16 heavy (non-hydrogen) atoms. The summed E-state index contributed by atoms with van der Waals surface area (Å²) in [6.07, 6.45) is 3.74. The van der Waals surface area contributed by atoms with Gasteiger partial charge in [-0.05, 0) is 25.7 Å². The Morgan fingerprint density at radius 1 is 1.50 bits per heavy atom. The van der Waals surface area contributed by atoms with Crippen LogP contribution in [0.3, 0.4) is 0 Å². The maximum atomic E-state index is 11.0. The Kier molecular flexibility index (Phi) is 4.93. The molecule has 0 aromatic heterocycles. The summed E-state index contributed by atoms with van der Waals surface area (Å²) in [5, 5.41) is 0. The SMILES string of the molecule is COCCN(CC(C)(C)C=O)C(C)C1CC1. The highest BCUT2D eigenvalue weighted by Crippen LogP contribution is 2.35. The summed E-state index contributed by atoms with van der Waals surface area (Å²) in [7, 11) is 1.73.